The summed E-state index contributed by atoms with van der Waals surface area (Å²) in [4.78, 5) is 43.0. The van der Waals surface area contributed by atoms with E-state index in [0.717, 1.165) is 23.0 Å². The van der Waals surface area contributed by atoms with Crippen LogP contribution in [0.25, 0.3) is 0 Å². The zero-order chi connectivity index (χ0) is 23.6. The predicted molar refractivity (Wildman–Crippen MR) is 111 cm³/mol. The molecular formula is C21H24N2O8S. The molecule has 1 aromatic carbocycles. The quantitative estimate of drug-likeness (QED) is 0.500. The summed E-state index contributed by atoms with van der Waals surface area (Å²) in [6.45, 7) is 5.67. The second kappa shape index (κ2) is 7.29. The van der Waals surface area contributed by atoms with E-state index in [1.165, 1.54) is 13.8 Å². The molecule has 0 bridgehead atoms. The fourth-order valence-corrected chi connectivity index (χ4v) is 7.04. The lowest BCUT2D eigenvalue weighted by molar-refractivity contribution is -0.183. The van der Waals surface area contributed by atoms with E-state index in [1.807, 2.05) is 31.2 Å². The fraction of sp³-hybridized carbons (Fsp3) is 0.524. The van der Waals surface area contributed by atoms with Gasteiger partial charge in [0.1, 0.15) is 12.0 Å². The van der Waals surface area contributed by atoms with Gasteiger partial charge >= 0.3 is 11.9 Å². The maximum Gasteiger partial charge on any atom is 0.328 e. The second-order valence-electron chi connectivity index (χ2n) is 8.88. The summed E-state index contributed by atoms with van der Waals surface area (Å²) in [6.07, 6.45) is -1.91. The highest BCUT2D eigenvalue weighted by Crippen LogP contribution is 2.51. The van der Waals surface area contributed by atoms with Gasteiger partial charge in [0.25, 0.3) is 0 Å². The number of sulfone groups is 1. The molecule has 0 aromatic heterocycles. The van der Waals surface area contributed by atoms with Gasteiger partial charge in [0.05, 0.1) is 10.5 Å². The van der Waals surface area contributed by atoms with Crippen molar-refractivity contribution in [3.8, 4) is 0 Å². The largest absolute Gasteiger partial charge is 0.480 e. The average molecular weight is 464 g/mol. The van der Waals surface area contributed by atoms with Crippen molar-refractivity contribution in [2.45, 2.75) is 62.5 Å². The molecule has 4 rings (SSSR count). The van der Waals surface area contributed by atoms with E-state index in [2.05, 4.69) is 5.16 Å². The van der Waals surface area contributed by atoms with E-state index in [9.17, 15) is 27.9 Å². The molecule has 172 valence electrons. The fourth-order valence-electron chi connectivity index (χ4n) is 4.71. The summed E-state index contributed by atoms with van der Waals surface area (Å²) in [7, 11) is -4.08. The minimum absolute atomic E-state index is 0.198. The van der Waals surface area contributed by atoms with Gasteiger partial charge in [-0.2, -0.15) is 0 Å². The molecule has 5 atom stereocenters. The number of carboxylic acid groups (broad SMARTS) is 1. The van der Waals surface area contributed by atoms with Crippen LogP contribution in [0.2, 0.25) is 0 Å². The minimum Gasteiger partial charge on any atom is -0.480 e. The van der Waals surface area contributed by atoms with Crippen molar-refractivity contribution < 1.29 is 37.5 Å². The summed E-state index contributed by atoms with van der Waals surface area (Å²) in [5.41, 5.74) is 2.43. The van der Waals surface area contributed by atoms with Gasteiger partial charge < -0.3 is 19.6 Å². The summed E-state index contributed by atoms with van der Waals surface area (Å²) >= 11 is 0. The number of benzene rings is 1. The summed E-state index contributed by atoms with van der Waals surface area (Å²) in [5.74, 6) is -4.09. The minimum atomic E-state index is -4.08. The van der Waals surface area contributed by atoms with E-state index in [-0.39, 0.29) is 6.42 Å². The van der Waals surface area contributed by atoms with Gasteiger partial charge in [0, 0.05) is 13.3 Å². The number of carbonyl (C=O) groups excluding carboxylic acids is 2. The van der Waals surface area contributed by atoms with Crippen LogP contribution in [-0.4, -0.2) is 70.4 Å². The third-order valence-electron chi connectivity index (χ3n) is 6.44. The molecule has 1 N–H and O–H groups in total. The monoisotopic (exact) mass is 464 g/mol. The molecule has 2 fully saturated rings. The number of hydrogen-bond donors (Lipinski definition) is 1. The van der Waals surface area contributed by atoms with Gasteiger partial charge in [-0.3, -0.25) is 9.59 Å². The highest BCUT2D eigenvalue weighted by molar-refractivity contribution is 7.93. The Morgan fingerprint density at radius 3 is 2.47 bits per heavy atom. The van der Waals surface area contributed by atoms with Crippen LogP contribution in [0.3, 0.4) is 0 Å². The Morgan fingerprint density at radius 2 is 1.91 bits per heavy atom. The third kappa shape index (κ3) is 3.09. The SMILES string of the molecule is CC(=O)OC(C1CC(c2ccc(C)cc2)=NO1)[C@@H]1C(=O)N2C1S(=O)(=O)C(C)(C)[C@@H]2C(=O)O. The first-order valence-corrected chi connectivity index (χ1v) is 11.7. The molecule has 10 nitrogen and oxygen atoms in total. The van der Waals surface area contributed by atoms with Crippen molar-refractivity contribution >= 4 is 33.4 Å². The average Bonchev–Trinajstić information content (AvgIpc) is 3.22. The number of esters is 1. The second-order valence-corrected chi connectivity index (χ2v) is 11.5. The molecular weight excluding hydrogens is 440 g/mol. The molecule has 1 amide bonds. The molecule has 1 aromatic rings. The first-order chi connectivity index (χ1) is 14.9. The molecule has 0 saturated carbocycles. The van der Waals surface area contributed by atoms with E-state index < -0.39 is 62.0 Å². The van der Waals surface area contributed by atoms with Gasteiger partial charge in [-0.15, -0.1) is 0 Å². The zero-order valence-corrected chi connectivity index (χ0v) is 18.8. The van der Waals surface area contributed by atoms with Crippen LogP contribution in [0.15, 0.2) is 29.4 Å². The third-order valence-corrected chi connectivity index (χ3v) is 9.29. The van der Waals surface area contributed by atoms with Crippen LogP contribution in [0.5, 0.6) is 0 Å². The zero-order valence-electron chi connectivity index (χ0n) is 18.0. The Morgan fingerprint density at radius 1 is 1.28 bits per heavy atom. The summed E-state index contributed by atoms with van der Waals surface area (Å²) in [6, 6.07) is 6.00. The lowest BCUT2D eigenvalue weighted by Crippen LogP contribution is -2.68. The Hall–Kier alpha value is -2.95. The van der Waals surface area contributed by atoms with Crippen LogP contribution in [0.4, 0.5) is 0 Å². The summed E-state index contributed by atoms with van der Waals surface area (Å²) < 4.78 is 30.1. The molecule has 3 aliphatic heterocycles. The Labute approximate surface area is 185 Å². The van der Waals surface area contributed by atoms with Crippen molar-refractivity contribution in [2.75, 3.05) is 0 Å². The molecule has 3 heterocycles. The number of aliphatic carboxylic acids is 1. The lowest BCUT2D eigenvalue weighted by Gasteiger charge is -2.46. The van der Waals surface area contributed by atoms with Gasteiger partial charge in [0.2, 0.25) is 5.91 Å². The highest BCUT2D eigenvalue weighted by atomic mass is 32.2. The predicted octanol–water partition coefficient (Wildman–Crippen LogP) is 0.864. The smallest absolute Gasteiger partial charge is 0.328 e. The van der Waals surface area contributed by atoms with Crippen LogP contribution >= 0.6 is 0 Å². The van der Waals surface area contributed by atoms with Crippen LogP contribution in [-0.2, 0) is 33.8 Å². The molecule has 11 heteroatoms. The molecule has 3 unspecified atom stereocenters. The van der Waals surface area contributed by atoms with Crippen molar-refractivity contribution in [1.29, 1.82) is 0 Å². The van der Waals surface area contributed by atoms with E-state index in [4.69, 9.17) is 9.57 Å². The topological polar surface area (TPSA) is 140 Å². The van der Waals surface area contributed by atoms with Crippen molar-refractivity contribution in [3.63, 3.8) is 0 Å². The number of carboxylic acids is 1. The number of hydrogen-bond acceptors (Lipinski definition) is 8. The normalized spacial score (nSPS) is 30.6. The first kappa shape index (κ1) is 22.3. The maximum atomic E-state index is 13.2. The number of rotatable bonds is 5. The number of aryl methyl sites for hydroxylation is 1. The highest BCUT2D eigenvalue weighted by Gasteiger charge is 2.74. The van der Waals surface area contributed by atoms with Gasteiger partial charge in [-0.05, 0) is 26.3 Å². The molecule has 0 aliphatic carbocycles. The molecule has 32 heavy (non-hydrogen) atoms. The van der Waals surface area contributed by atoms with Gasteiger partial charge in [0.15, 0.2) is 27.4 Å². The van der Waals surface area contributed by atoms with Crippen LogP contribution in [0.1, 0.15) is 38.3 Å². The summed E-state index contributed by atoms with van der Waals surface area (Å²) in [5, 5.41) is 12.2. The van der Waals surface area contributed by atoms with Crippen LogP contribution < -0.4 is 0 Å². The van der Waals surface area contributed by atoms with E-state index >= 15 is 0 Å². The standard InChI is InChI=1S/C21H24N2O8S/c1-10-5-7-12(8-6-10)13-9-14(31-22-13)16(30-11(2)24)15-18(25)23-17(20(26)27)21(3,4)32(28,29)19(15)23/h5-8,14-17,19H,9H2,1-4H3,(H,26,27)/t14?,15-,16?,17+,19?/m1/s1. The van der Waals surface area contributed by atoms with Crippen molar-refractivity contribution in [1.82, 2.24) is 4.90 Å². The maximum absolute atomic E-state index is 13.2. The van der Waals surface area contributed by atoms with E-state index in [0.29, 0.717) is 5.71 Å². The number of oxime groups is 1. The molecule has 2 saturated heterocycles. The van der Waals surface area contributed by atoms with Crippen LogP contribution in [0, 0.1) is 12.8 Å². The Bertz CT molecular complexity index is 1120. The molecule has 3 aliphatic rings. The molecule has 0 spiro atoms. The molecule has 0 radical (unpaired) electrons. The Balaban J connectivity index is 1.64. The van der Waals surface area contributed by atoms with Gasteiger partial charge in [-0.1, -0.05) is 35.0 Å². The lowest BCUT2D eigenvalue weighted by atomic mass is 9.84. The number of nitrogens with zero attached hydrogens (tertiary/aromatic N) is 2. The number of ether oxygens (including phenoxy) is 1. The number of β-lactam (4-membered cyclic amide) rings is 1. The Kier molecular flexibility index (Phi) is 5.07. The first-order valence-electron chi connectivity index (χ1n) is 10.1. The number of fused-ring (bicyclic) bond motifs is 1. The van der Waals surface area contributed by atoms with Crippen molar-refractivity contribution in [3.05, 3.63) is 35.4 Å². The number of carbonyl (C=O) groups is 3. The number of amides is 1. The van der Waals surface area contributed by atoms with Crippen molar-refractivity contribution in [2.24, 2.45) is 11.1 Å². The van der Waals surface area contributed by atoms with Gasteiger partial charge in [-0.25, -0.2) is 13.2 Å². The van der Waals surface area contributed by atoms with E-state index in [1.54, 1.807) is 0 Å².